The maximum absolute atomic E-state index is 13.3. The maximum atomic E-state index is 13.3. The second-order valence-corrected chi connectivity index (χ2v) is 9.61. The monoisotopic (exact) mass is 520 g/mol. The van der Waals surface area contributed by atoms with Crippen molar-refractivity contribution in [3.63, 3.8) is 0 Å². The van der Waals surface area contributed by atoms with E-state index in [1.807, 2.05) is 38.1 Å². The number of carbonyl (C=O) groups is 2. The number of nitrogens with zero attached hydrogens (tertiary/aromatic N) is 1. The lowest BCUT2D eigenvalue weighted by molar-refractivity contribution is -0.143. The number of hydrogen-bond donors (Lipinski definition) is 1. The van der Waals surface area contributed by atoms with Crippen LogP contribution in [0.2, 0.25) is 5.02 Å². The van der Waals surface area contributed by atoms with E-state index in [0.717, 1.165) is 41.3 Å². The molecule has 0 radical (unpaired) electrons. The van der Waals surface area contributed by atoms with Crippen molar-refractivity contribution in [2.24, 2.45) is 0 Å². The van der Waals surface area contributed by atoms with Gasteiger partial charge in [-0.2, -0.15) is 0 Å². The molecule has 3 rings (SSSR count). The summed E-state index contributed by atoms with van der Waals surface area (Å²) in [6.07, 6.45) is 4.79. The van der Waals surface area contributed by atoms with Crippen LogP contribution >= 0.6 is 27.5 Å². The molecule has 1 atom stereocenters. The molecule has 172 valence electrons. The van der Waals surface area contributed by atoms with E-state index in [0.29, 0.717) is 23.7 Å². The van der Waals surface area contributed by atoms with Gasteiger partial charge in [0, 0.05) is 17.1 Å². The lowest BCUT2D eigenvalue weighted by Crippen LogP contribution is -2.52. The second-order valence-electron chi connectivity index (χ2n) is 8.28. The molecule has 7 heteroatoms. The number of hydrogen-bond acceptors (Lipinski definition) is 3. The minimum atomic E-state index is -0.562. The third-order valence-electron chi connectivity index (χ3n) is 5.81. The van der Waals surface area contributed by atoms with Crippen LogP contribution in [0.5, 0.6) is 5.75 Å². The van der Waals surface area contributed by atoms with Gasteiger partial charge >= 0.3 is 0 Å². The standard InChI is InChI=1S/C25H30BrClN2O3/c1-3-22(25(31)28-20-6-4-5-7-20)29(15-18-10-8-17(2)9-11-18)24(30)16-32-23-13-12-19(26)14-21(23)27/h8-14,20,22H,3-7,15-16H2,1-2H3,(H,28,31)/t22-/m0/s1. The Bertz CT molecular complexity index is 929. The lowest BCUT2D eigenvalue weighted by atomic mass is 10.1. The van der Waals surface area contributed by atoms with Crippen LogP contribution < -0.4 is 10.1 Å². The molecule has 1 aliphatic carbocycles. The first-order chi connectivity index (χ1) is 15.4. The topological polar surface area (TPSA) is 58.6 Å². The highest BCUT2D eigenvalue weighted by molar-refractivity contribution is 9.10. The van der Waals surface area contributed by atoms with E-state index in [2.05, 4.69) is 21.2 Å². The number of nitrogens with one attached hydrogen (secondary N) is 1. The van der Waals surface area contributed by atoms with E-state index < -0.39 is 6.04 Å². The van der Waals surface area contributed by atoms with Gasteiger partial charge in [-0.3, -0.25) is 9.59 Å². The molecule has 2 amide bonds. The van der Waals surface area contributed by atoms with Crippen LogP contribution in [0, 0.1) is 6.92 Å². The molecule has 0 heterocycles. The molecule has 0 aliphatic heterocycles. The van der Waals surface area contributed by atoms with E-state index in [1.165, 1.54) is 0 Å². The smallest absolute Gasteiger partial charge is 0.261 e. The van der Waals surface area contributed by atoms with Crippen LogP contribution in [0.3, 0.4) is 0 Å². The van der Waals surface area contributed by atoms with Gasteiger partial charge in [-0.1, -0.05) is 77.1 Å². The first-order valence-corrected chi connectivity index (χ1v) is 12.3. The molecular weight excluding hydrogens is 492 g/mol. The number of ether oxygens (including phenoxy) is 1. The highest BCUT2D eigenvalue weighted by Gasteiger charge is 2.31. The van der Waals surface area contributed by atoms with Crippen molar-refractivity contribution in [2.75, 3.05) is 6.61 Å². The average molecular weight is 522 g/mol. The van der Waals surface area contributed by atoms with Crippen molar-refractivity contribution in [2.45, 2.75) is 64.6 Å². The lowest BCUT2D eigenvalue weighted by Gasteiger charge is -2.31. The Morgan fingerprint density at radius 1 is 1.19 bits per heavy atom. The fourth-order valence-electron chi connectivity index (χ4n) is 3.99. The third kappa shape index (κ3) is 6.72. The van der Waals surface area contributed by atoms with Gasteiger partial charge in [0.1, 0.15) is 11.8 Å². The van der Waals surface area contributed by atoms with E-state index in [4.69, 9.17) is 16.3 Å². The summed E-state index contributed by atoms with van der Waals surface area (Å²) in [6.45, 7) is 4.10. The van der Waals surface area contributed by atoms with Crippen LogP contribution in [0.25, 0.3) is 0 Å². The number of benzene rings is 2. The van der Waals surface area contributed by atoms with Crippen molar-refractivity contribution in [3.05, 3.63) is 63.1 Å². The molecule has 0 aromatic heterocycles. The first-order valence-electron chi connectivity index (χ1n) is 11.1. The molecule has 0 bridgehead atoms. The molecule has 1 fully saturated rings. The summed E-state index contributed by atoms with van der Waals surface area (Å²) in [6, 6.07) is 12.9. The van der Waals surface area contributed by atoms with Gasteiger partial charge in [-0.05, 0) is 49.9 Å². The zero-order valence-corrected chi connectivity index (χ0v) is 20.9. The highest BCUT2D eigenvalue weighted by atomic mass is 79.9. The van der Waals surface area contributed by atoms with Gasteiger partial charge in [0.15, 0.2) is 6.61 Å². The van der Waals surface area contributed by atoms with Crippen molar-refractivity contribution in [3.8, 4) is 5.75 Å². The number of amides is 2. The second kappa shape index (κ2) is 11.7. The number of aryl methyl sites for hydroxylation is 1. The normalized spacial score (nSPS) is 14.8. The van der Waals surface area contributed by atoms with Gasteiger partial charge in [-0.15, -0.1) is 0 Å². The Balaban J connectivity index is 1.76. The molecule has 5 nitrogen and oxygen atoms in total. The minimum absolute atomic E-state index is 0.0958. The Labute approximate surface area is 203 Å². The zero-order valence-electron chi connectivity index (χ0n) is 18.6. The summed E-state index contributed by atoms with van der Waals surface area (Å²) in [7, 11) is 0. The van der Waals surface area contributed by atoms with Crippen LogP contribution in [0.15, 0.2) is 46.9 Å². The van der Waals surface area contributed by atoms with Gasteiger partial charge in [0.25, 0.3) is 5.91 Å². The third-order valence-corrected chi connectivity index (χ3v) is 6.59. The molecule has 32 heavy (non-hydrogen) atoms. The highest BCUT2D eigenvalue weighted by Crippen LogP contribution is 2.28. The fraction of sp³-hybridized carbons (Fsp3) is 0.440. The van der Waals surface area contributed by atoms with Crippen LogP contribution in [0.1, 0.15) is 50.2 Å². The summed E-state index contributed by atoms with van der Waals surface area (Å²) in [5, 5.41) is 3.57. The molecule has 1 saturated carbocycles. The molecule has 1 N–H and O–H groups in total. The van der Waals surface area contributed by atoms with Gasteiger partial charge < -0.3 is 15.0 Å². The van der Waals surface area contributed by atoms with Gasteiger partial charge in [0.05, 0.1) is 5.02 Å². The molecule has 0 unspecified atom stereocenters. The Hall–Kier alpha value is -2.05. The Morgan fingerprint density at radius 2 is 1.88 bits per heavy atom. The molecular formula is C25H30BrClN2O3. The average Bonchev–Trinajstić information content (AvgIpc) is 3.27. The van der Waals surface area contributed by atoms with E-state index in [1.54, 1.807) is 23.1 Å². The van der Waals surface area contributed by atoms with E-state index in [9.17, 15) is 9.59 Å². The van der Waals surface area contributed by atoms with E-state index >= 15 is 0 Å². The number of rotatable bonds is 9. The zero-order chi connectivity index (χ0) is 23.1. The number of halogens is 2. The predicted molar refractivity (Wildman–Crippen MR) is 131 cm³/mol. The maximum Gasteiger partial charge on any atom is 0.261 e. The summed E-state index contributed by atoms with van der Waals surface area (Å²) in [5.41, 5.74) is 2.11. The fourth-order valence-corrected chi connectivity index (χ4v) is 4.72. The summed E-state index contributed by atoms with van der Waals surface area (Å²) in [5.74, 6) is 0.0847. The van der Waals surface area contributed by atoms with E-state index in [-0.39, 0.29) is 24.5 Å². The first kappa shape index (κ1) is 24.6. The summed E-state index contributed by atoms with van der Waals surface area (Å²) in [4.78, 5) is 28.0. The SMILES string of the molecule is CC[C@@H](C(=O)NC1CCCC1)N(Cc1ccc(C)cc1)C(=O)COc1ccc(Br)cc1Cl. The molecule has 2 aromatic rings. The molecule has 0 saturated heterocycles. The van der Waals surface area contributed by atoms with Crippen molar-refractivity contribution >= 4 is 39.3 Å². The minimum Gasteiger partial charge on any atom is -0.482 e. The molecule has 2 aromatic carbocycles. The van der Waals surface area contributed by atoms with Crippen LogP contribution in [-0.4, -0.2) is 35.4 Å². The van der Waals surface area contributed by atoms with Gasteiger partial charge in [0.2, 0.25) is 5.91 Å². The molecule has 0 spiro atoms. The summed E-state index contributed by atoms with van der Waals surface area (Å²) >= 11 is 9.59. The van der Waals surface area contributed by atoms with Crippen molar-refractivity contribution in [1.82, 2.24) is 10.2 Å². The Morgan fingerprint density at radius 3 is 2.50 bits per heavy atom. The molecule has 1 aliphatic rings. The Kier molecular flexibility index (Phi) is 9.00. The summed E-state index contributed by atoms with van der Waals surface area (Å²) < 4.78 is 6.55. The quantitative estimate of drug-likeness (QED) is 0.463. The van der Waals surface area contributed by atoms with Crippen molar-refractivity contribution in [1.29, 1.82) is 0 Å². The largest absolute Gasteiger partial charge is 0.482 e. The number of carbonyl (C=O) groups excluding carboxylic acids is 2. The van der Waals surface area contributed by atoms with Crippen LogP contribution in [-0.2, 0) is 16.1 Å². The van der Waals surface area contributed by atoms with Gasteiger partial charge in [-0.25, -0.2) is 0 Å². The predicted octanol–water partition coefficient (Wildman–Crippen LogP) is 5.66. The van der Waals surface area contributed by atoms with Crippen molar-refractivity contribution < 1.29 is 14.3 Å². The van der Waals surface area contributed by atoms with Crippen LogP contribution in [0.4, 0.5) is 0 Å².